The fourth-order valence-electron chi connectivity index (χ4n) is 5.15. The zero-order chi connectivity index (χ0) is 27.1. The average Bonchev–Trinajstić information content (AvgIpc) is 3.80. The molecule has 5 heterocycles. The Kier molecular flexibility index (Phi) is 5.52. The van der Waals surface area contributed by atoms with Crippen LogP contribution in [0.2, 0.25) is 0 Å². The van der Waals surface area contributed by atoms with Crippen molar-refractivity contribution >= 4 is 46.4 Å². The number of fused-ring (bicyclic) bond motifs is 8. The number of hydrogen-bond donors (Lipinski definition) is 2. The van der Waals surface area contributed by atoms with Gasteiger partial charge in [-0.1, -0.05) is 36.1 Å². The molecule has 8 bridgehead atoms. The quantitative estimate of drug-likeness (QED) is 0.232. The summed E-state index contributed by atoms with van der Waals surface area (Å²) in [5, 5.41) is 0. The van der Waals surface area contributed by atoms with Crippen molar-refractivity contribution in [2.45, 2.75) is 0 Å². The first-order valence-corrected chi connectivity index (χ1v) is 12.9. The highest BCUT2D eigenvalue weighted by Gasteiger charge is 2.14. The fraction of sp³-hybridized carbons (Fsp3) is 0. The van der Waals surface area contributed by atoms with Crippen LogP contribution in [0, 0.1) is 24.7 Å². The van der Waals surface area contributed by atoms with Gasteiger partial charge in [0.15, 0.2) is 0 Å². The summed E-state index contributed by atoms with van der Waals surface area (Å²) in [5.74, 6) is 5.39. The van der Waals surface area contributed by atoms with E-state index in [1.165, 1.54) is 0 Å². The van der Waals surface area contributed by atoms with E-state index in [9.17, 15) is 0 Å². The van der Waals surface area contributed by atoms with Gasteiger partial charge in [-0.3, -0.25) is 0 Å². The second-order valence-corrected chi connectivity index (χ2v) is 9.65. The Hall–Kier alpha value is -5.84. The van der Waals surface area contributed by atoms with Gasteiger partial charge >= 0.3 is 0 Å². The van der Waals surface area contributed by atoms with E-state index < -0.39 is 0 Å². The zero-order valence-corrected chi connectivity index (χ0v) is 21.4. The molecule has 0 unspecified atom stereocenters. The predicted octanol–water partition coefficient (Wildman–Crippen LogP) is 7.95. The van der Waals surface area contributed by atoms with Gasteiger partial charge in [0.1, 0.15) is 0 Å². The Morgan fingerprint density at radius 3 is 1.40 bits per heavy atom. The average molecular weight is 511 g/mol. The summed E-state index contributed by atoms with van der Waals surface area (Å²) >= 11 is 0. The van der Waals surface area contributed by atoms with E-state index in [0.717, 1.165) is 78.2 Å². The molecule has 2 aromatic carbocycles. The molecule has 0 fully saturated rings. The summed E-state index contributed by atoms with van der Waals surface area (Å²) < 4.78 is 0. The van der Waals surface area contributed by atoms with E-state index in [1.807, 2.05) is 60.7 Å². The Morgan fingerprint density at radius 1 is 0.500 bits per heavy atom. The van der Waals surface area contributed by atoms with Crippen molar-refractivity contribution < 1.29 is 0 Å². The molecule has 0 amide bonds. The fourth-order valence-corrected chi connectivity index (χ4v) is 5.15. The maximum Gasteiger partial charge on any atom is 0.0737 e. The van der Waals surface area contributed by atoms with Crippen LogP contribution in [0.3, 0.4) is 0 Å². The molecule has 2 aliphatic heterocycles. The summed E-state index contributed by atoms with van der Waals surface area (Å²) in [6, 6.07) is 28.4. The summed E-state index contributed by atoms with van der Waals surface area (Å²) in [6.45, 7) is 0. The highest BCUT2D eigenvalue weighted by molar-refractivity contribution is 5.94. The van der Waals surface area contributed by atoms with Crippen LogP contribution in [0.4, 0.5) is 0 Å². The summed E-state index contributed by atoms with van der Waals surface area (Å²) in [6.07, 6.45) is 19.3. The van der Waals surface area contributed by atoms with E-state index in [1.54, 1.807) is 0 Å². The first-order chi connectivity index (χ1) is 19.7. The molecule has 40 heavy (non-hydrogen) atoms. The highest BCUT2D eigenvalue weighted by atomic mass is 14.8. The molecule has 3 aromatic heterocycles. The standard InChI is InChI=1S/C36H22N4/c1-3-23-5-9-25(10-6-23)35-31-17-13-27(37-31)21-29-15-19-33(39-29)36(26-11-7-24(4-2)8-12-26)34-20-16-30(40-34)22-28-14-18-32(35)38-28/h1-2,5-22,37-38H. The normalized spacial score (nSPS) is 11.8. The molecular weight excluding hydrogens is 488 g/mol. The molecule has 0 aliphatic carbocycles. The molecule has 2 aliphatic rings. The van der Waals surface area contributed by atoms with Gasteiger partial charge in [0.05, 0.1) is 22.8 Å². The van der Waals surface area contributed by atoms with Crippen molar-refractivity contribution in [3.8, 4) is 46.9 Å². The lowest BCUT2D eigenvalue weighted by atomic mass is 10.0. The minimum Gasteiger partial charge on any atom is -0.355 e. The van der Waals surface area contributed by atoms with Gasteiger partial charge in [-0.05, 0) is 96.1 Å². The van der Waals surface area contributed by atoms with Gasteiger partial charge in [0.2, 0.25) is 0 Å². The minimum absolute atomic E-state index is 0.833. The molecule has 7 rings (SSSR count). The number of terminal acetylenes is 2. The first kappa shape index (κ1) is 23.3. The van der Waals surface area contributed by atoms with Crippen LogP contribution in [-0.4, -0.2) is 19.9 Å². The molecule has 0 saturated heterocycles. The summed E-state index contributed by atoms with van der Waals surface area (Å²) in [7, 11) is 0. The maximum atomic E-state index is 5.60. The number of H-pyrrole nitrogens is 2. The molecule has 186 valence electrons. The van der Waals surface area contributed by atoms with Crippen molar-refractivity contribution in [1.82, 2.24) is 19.9 Å². The number of rotatable bonds is 2. The second-order valence-electron chi connectivity index (χ2n) is 9.65. The third-order valence-corrected chi connectivity index (χ3v) is 7.08. The maximum absolute atomic E-state index is 5.60. The zero-order valence-electron chi connectivity index (χ0n) is 21.4. The first-order valence-electron chi connectivity index (χ1n) is 12.9. The number of aromatic amines is 2. The summed E-state index contributed by atoms with van der Waals surface area (Å²) in [5.41, 5.74) is 13.1. The molecule has 4 heteroatoms. The smallest absolute Gasteiger partial charge is 0.0737 e. The molecule has 0 spiro atoms. The van der Waals surface area contributed by atoms with Gasteiger partial charge in [-0.15, -0.1) is 12.8 Å². The molecular formula is C36H22N4. The van der Waals surface area contributed by atoms with Crippen LogP contribution in [0.15, 0.2) is 84.9 Å². The van der Waals surface area contributed by atoms with Gasteiger partial charge in [-0.25, -0.2) is 9.97 Å². The van der Waals surface area contributed by atoms with Crippen LogP contribution in [0.25, 0.3) is 68.6 Å². The van der Waals surface area contributed by atoms with Crippen molar-refractivity contribution in [2.75, 3.05) is 0 Å². The number of hydrogen-bond acceptors (Lipinski definition) is 2. The predicted molar refractivity (Wildman–Crippen MR) is 166 cm³/mol. The lowest BCUT2D eigenvalue weighted by molar-refractivity contribution is 1.28. The molecule has 0 atom stereocenters. The van der Waals surface area contributed by atoms with E-state index in [4.69, 9.17) is 22.8 Å². The largest absolute Gasteiger partial charge is 0.355 e. The number of benzene rings is 2. The number of aromatic nitrogens is 4. The molecule has 5 aromatic rings. The van der Waals surface area contributed by atoms with Crippen molar-refractivity contribution in [1.29, 1.82) is 0 Å². The van der Waals surface area contributed by atoms with E-state index in [2.05, 4.69) is 70.3 Å². The van der Waals surface area contributed by atoms with Crippen molar-refractivity contribution in [2.24, 2.45) is 0 Å². The lowest BCUT2D eigenvalue weighted by Crippen LogP contribution is -1.89. The number of nitrogens with one attached hydrogen (secondary N) is 2. The second kappa shape index (κ2) is 9.48. The highest BCUT2D eigenvalue weighted by Crippen LogP contribution is 2.32. The third kappa shape index (κ3) is 4.21. The van der Waals surface area contributed by atoms with Crippen LogP contribution >= 0.6 is 0 Å². The molecule has 2 N–H and O–H groups in total. The van der Waals surface area contributed by atoms with Crippen molar-refractivity contribution in [3.63, 3.8) is 0 Å². The van der Waals surface area contributed by atoms with Gasteiger partial charge in [0, 0.05) is 44.3 Å². The van der Waals surface area contributed by atoms with Crippen LogP contribution in [0.1, 0.15) is 33.9 Å². The Balaban J connectivity index is 1.53. The van der Waals surface area contributed by atoms with E-state index >= 15 is 0 Å². The topological polar surface area (TPSA) is 57.4 Å². The third-order valence-electron chi connectivity index (χ3n) is 7.08. The number of nitrogens with zero attached hydrogens (tertiary/aromatic N) is 2. The Bertz CT molecular complexity index is 2010. The monoisotopic (exact) mass is 510 g/mol. The molecule has 0 saturated carbocycles. The molecule has 4 nitrogen and oxygen atoms in total. The molecule has 0 radical (unpaired) electrons. The van der Waals surface area contributed by atoms with Gasteiger partial charge in [-0.2, -0.15) is 0 Å². The van der Waals surface area contributed by atoms with Gasteiger partial charge < -0.3 is 9.97 Å². The Morgan fingerprint density at radius 2 is 0.950 bits per heavy atom. The van der Waals surface area contributed by atoms with E-state index in [-0.39, 0.29) is 0 Å². The van der Waals surface area contributed by atoms with Crippen molar-refractivity contribution in [3.05, 3.63) is 119 Å². The van der Waals surface area contributed by atoms with Crippen LogP contribution in [-0.2, 0) is 0 Å². The SMILES string of the molecule is C#Cc1ccc(-c2c3nc(cc4ccc([nH]4)c(-c4ccc(C#C)cc4)c4ccc(cc5nc2C=C5)[nH]4)C=C3)cc1. The van der Waals surface area contributed by atoms with E-state index in [0.29, 0.717) is 0 Å². The van der Waals surface area contributed by atoms with Gasteiger partial charge in [0.25, 0.3) is 0 Å². The lowest BCUT2D eigenvalue weighted by Gasteiger charge is -2.05. The minimum atomic E-state index is 0.833. The van der Waals surface area contributed by atoms with Crippen LogP contribution < -0.4 is 0 Å². The summed E-state index contributed by atoms with van der Waals surface area (Å²) in [4.78, 5) is 17.1. The van der Waals surface area contributed by atoms with Crippen LogP contribution in [0.5, 0.6) is 0 Å². The Labute approximate surface area is 231 Å².